The second kappa shape index (κ2) is 14.7. The lowest BCUT2D eigenvalue weighted by Crippen LogP contribution is -2.58. The van der Waals surface area contributed by atoms with Crippen LogP contribution in [0, 0.1) is 13.8 Å². The summed E-state index contributed by atoms with van der Waals surface area (Å²) < 4.78 is 10.8. The van der Waals surface area contributed by atoms with E-state index in [1.54, 1.807) is 37.3 Å². The minimum absolute atomic E-state index is 0.0785. The molecule has 3 aromatic rings. The van der Waals surface area contributed by atoms with Crippen molar-refractivity contribution < 1.29 is 38.3 Å². The number of amides is 5. The molecule has 2 aromatic carbocycles. The van der Waals surface area contributed by atoms with E-state index in [1.807, 2.05) is 31.2 Å². The van der Waals surface area contributed by atoms with Crippen molar-refractivity contribution in [2.24, 2.45) is 0 Å². The zero-order valence-corrected chi connectivity index (χ0v) is 25.8. The number of nitrogens with one attached hydrogen (secondary N) is 3. The number of aromatic nitrogens is 1. The van der Waals surface area contributed by atoms with Crippen molar-refractivity contribution in [1.82, 2.24) is 26.0 Å². The highest BCUT2D eigenvalue weighted by Gasteiger charge is 2.32. The van der Waals surface area contributed by atoms with Gasteiger partial charge in [0.2, 0.25) is 11.8 Å². The maximum atomic E-state index is 13.3. The number of imide groups is 1. The lowest BCUT2D eigenvalue weighted by Gasteiger charge is -2.24. The molecule has 1 unspecified atom stereocenters. The number of thioether (sulfide) groups is 1. The van der Waals surface area contributed by atoms with Crippen LogP contribution in [0.4, 0.5) is 4.79 Å². The van der Waals surface area contributed by atoms with Gasteiger partial charge in [0.15, 0.2) is 5.69 Å². The highest BCUT2D eigenvalue weighted by molar-refractivity contribution is 8.18. The molecule has 1 saturated heterocycles. The van der Waals surface area contributed by atoms with E-state index in [0.29, 0.717) is 17.1 Å². The van der Waals surface area contributed by atoms with Gasteiger partial charge in [0.25, 0.3) is 17.1 Å². The van der Waals surface area contributed by atoms with Gasteiger partial charge < -0.3 is 30.3 Å². The molecule has 4 rings (SSSR count). The Morgan fingerprint density at radius 3 is 2.42 bits per heavy atom. The van der Waals surface area contributed by atoms with Crippen molar-refractivity contribution >= 4 is 46.7 Å². The van der Waals surface area contributed by atoms with Gasteiger partial charge in [-0.1, -0.05) is 47.1 Å². The van der Waals surface area contributed by atoms with E-state index in [4.69, 9.17) is 9.26 Å². The summed E-state index contributed by atoms with van der Waals surface area (Å²) in [6.07, 6.45) is 0.229. The quantitative estimate of drug-likeness (QED) is 0.216. The Labute approximate surface area is 263 Å². The summed E-state index contributed by atoms with van der Waals surface area (Å²) >= 11 is 0.822. The number of hydrogen-bond acceptors (Lipinski definition) is 10. The van der Waals surface area contributed by atoms with Gasteiger partial charge in [-0.25, -0.2) is 0 Å². The number of aliphatic hydroxyl groups is 1. The molecule has 2 heterocycles. The molecule has 236 valence electrons. The summed E-state index contributed by atoms with van der Waals surface area (Å²) in [6, 6.07) is 12.9. The van der Waals surface area contributed by atoms with Gasteiger partial charge in [0.1, 0.15) is 30.2 Å². The van der Waals surface area contributed by atoms with Gasteiger partial charge in [0.05, 0.1) is 11.0 Å². The SMILES string of the molecule is Cc1ccc(CNC(=O)C(COc2cccc(C=C3SC(=O)N(C)C3=O)c2)NC(=O)[C@@H](NC(=O)c2cc(C)on2)[C@@H](C)O)cc1. The molecular weight excluding hydrogens is 602 g/mol. The molecule has 3 atom stereocenters. The summed E-state index contributed by atoms with van der Waals surface area (Å²) in [5, 5.41) is 21.3. The van der Waals surface area contributed by atoms with E-state index in [1.165, 1.54) is 20.0 Å². The highest BCUT2D eigenvalue weighted by Crippen LogP contribution is 2.31. The first kappa shape index (κ1) is 33.0. The molecule has 0 radical (unpaired) electrons. The van der Waals surface area contributed by atoms with Gasteiger partial charge in [-0.05, 0) is 61.9 Å². The van der Waals surface area contributed by atoms with Crippen LogP contribution in [0.25, 0.3) is 6.08 Å². The second-order valence-electron chi connectivity index (χ2n) is 10.4. The third-order valence-electron chi connectivity index (χ3n) is 6.69. The summed E-state index contributed by atoms with van der Waals surface area (Å²) in [6.45, 7) is 4.72. The molecule has 1 aliphatic heterocycles. The van der Waals surface area contributed by atoms with Crippen LogP contribution in [0.5, 0.6) is 5.75 Å². The monoisotopic (exact) mass is 635 g/mol. The largest absolute Gasteiger partial charge is 0.491 e. The predicted molar refractivity (Wildman–Crippen MR) is 165 cm³/mol. The summed E-state index contributed by atoms with van der Waals surface area (Å²) in [7, 11) is 1.40. The van der Waals surface area contributed by atoms with E-state index in [2.05, 4.69) is 21.1 Å². The van der Waals surface area contributed by atoms with Crippen molar-refractivity contribution in [2.45, 2.75) is 45.5 Å². The van der Waals surface area contributed by atoms with Crippen LogP contribution in [0.2, 0.25) is 0 Å². The van der Waals surface area contributed by atoms with Crippen molar-refractivity contribution in [1.29, 1.82) is 0 Å². The lowest BCUT2D eigenvalue weighted by molar-refractivity contribution is -0.132. The molecule has 0 aliphatic carbocycles. The van der Waals surface area contributed by atoms with Gasteiger partial charge in [0, 0.05) is 19.7 Å². The number of aliphatic hydroxyl groups excluding tert-OH is 1. The normalized spacial score (nSPS) is 15.8. The van der Waals surface area contributed by atoms with Crippen LogP contribution in [0.3, 0.4) is 0 Å². The van der Waals surface area contributed by atoms with Crippen LogP contribution in [-0.2, 0) is 20.9 Å². The molecule has 1 fully saturated rings. The Hall–Kier alpha value is -4.95. The minimum atomic E-state index is -1.43. The smallest absolute Gasteiger partial charge is 0.293 e. The van der Waals surface area contributed by atoms with E-state index in [-0.39, 0.29) is 29.0 Å². The number of benzene rings is 2. The lowest BCUT2D eigenvalue weighted by atomic mass is 10.1. The van der Waals surface area contributed by atoms with Gasteiger partial charge in [-0.2, -0.15) is 0 Å². The van der Waals surface area contributed by atoms with Crippen LogP contribution in [-0.4, -0.2) is 75.9 Å². The molecular formula is C31H33N5O8S. The first-order chi connectivity index (χ1) is 21.4. The van der Waals surface area contributed by atoms with E-state index < -0.39 is 41.8 Å². The third-order valence-corrected chi connectivity index (χ3v) is 7.65. The van der Waals surface area contributed by atoms with Crippen LogP contribution < -0.4 is 20.7 Å². The van der Waals surface area contributed by atoms with Gasteiger partial charge in [-0.3, -0.25) is 28.9 Å². The molecule has 0 bridgehead atoms. The number of carbonyl (C=O) groups is 5. The maximum absolute atomic E-state index is 13.3. The second-order valence-corrected chi connectivity index (χ2v) is 11.4. The Kier molecular flexibility index (Phi) is 10.8. The number of ether oxygens (including phenoxy) is 1. The van der Waals surface area contributed by atoms with E-state index in [0.717, 1.165) is 27.8 Å². The van der Waals surface area contributed by atoms with Crippen molar-refractivity contribution in [3.05, 3.63) is 87.6 Å². The number of hydrogen-bond donors (Lipinski definition) is 4. The summed E-state index contributed by atoms with van der Waals surface area (Å²) in [5.41, 5.74) is 2.39. The fourth-order valence-corrected chi connectivity index (χ4v) is 4.95. The number of rotatable bonds is 12. The molecule has 13 nitrogen and oxygen atoms in total. The van der Waals surface area contributed by atoms with Gasteiger partial charge in [-0.15, -0.1) is 0 Å². The van der Waals surface area contributed by atoms with Crippen molar-refractivity contribution in [2.75, 3.05) is 13.7 Å². The van der Waals surface area contributed by atoms with Crippen molar-refractivity contribution in [3.8, 4) is 5.75 Å². The Morgan fingerprint density at radius 1 is 1.07 bits per heavy atom. The number of carbonyl (C=O) groups excluding carboxylic acids is 5. The first-order valence-corrected chi connectivity index (χ1v) is 14.7. The van der Waals surface area contributed by atoms with E-state index >= 15 is 0 Å². The van der Waals surface area contributed by atoms with E-state index in [9.17, 15) is 29.1 Å². The molecule has 1 aromatic heterocycles. The number of aryl methyl sites for hydroxylation is 2. The molecule has 0 spiro atoms. The number of likely N-dealkylation sites (N-methyl/N-ethyl adjacent to an activating group) is 1. The molecule has 1 aliphatic rings. The summed E-state index contributed by atoms with van der Waals surface area (Å²) in [5.74, 6) is -1.85. The Balaban J connectivity index is 1.49. The molecule has 45 heavy (non-hydrogen) atoms. The average Bonchev–Trinajstić information content (AvgIpc) is 3.55. The molecule has 14 heteroatoms. The zero-order valence-electron chi connectivity index (χ0n) is 25.0. The average molecular weight is 636 g/mol. The third kappa shape index (κ3) is 8.80. The van der Waals surface area contributed by atoms with Crippen LogP contribution in [0.1, 0.15) is 39.9 Å². The molecule has 4 N–H and O–H groups in total. The predicted octanol–water partition coefficient (Wildman–Crippen LogP) is 2.32. The molecule has 5 amide bonds. The Bertz CT molecular complexity index is 1620. The topological polar surface area (TPSA) is 180 Å². The van der Waals surface area contributed by atoms with Gasteiger partial charge >= 0.3 is 0 Å². The Morgan fingerprint density at radius 2 is 1.80 bits per heavy atom. The highest BCUT2D eigenvalue weighted by atomic mass is 32.2. The molecule has 0 saturated carbocycles. The fraction of sp³-hybridized carbons (Fsp3) is 0.290. The van der Waals surface area contributed by atoms with Crippen molar-refractivity contribution in [3.63, 3.8) is 0 Å². The zero-order chi connectivity index (χ0) is 32.7. The fourth-order valence-electron chi connectivity index (χ4n) is 4.13. The van der Waals surface area contributed by atoms with Crippen LogP contribution in [0.15, 0.2) is 64.0 Å². The maximum Gasteiger partial charge on any atom is 0.293 e. The number of nitrogens with zero attached hydrogens (tertiary/aromatic N) is 2. The first-order valence-electron chi connectivity index (χ1n) is 13.9. The van der Waals surface area contributed by atoms with Crippen LogP contribution >= 0.6 is 11.8 Å². The summed E-state index contributed by atoms with van der Waals surface area (Å²) in [4.78, 5) is 64.6. The standard InChI is InChI=1S/C31H33N5O8S/c1-17-8-10-20(11-9-17)15-32-27(38)24(33-29(40)26(19(3)37)34-28(39)23-12-18(2)44-35-23)16-43-22-7-5-6-21(13-22)14-25-30(41)36(4)31(42)45-25/h5-14,19,24,26,37H,15-16H2,1-4H3,(H,32,38)(H,33,40)(H,34,39)/t19-,24?,26+/m1/s1. The minimum Gasteiger partial charge on any atom is -0.491 e.